The van der Waals surface area contributed by atoms with Crippen molar-refractivity contribution in [1.29, 1.82) is 0 Å². The molecule has 15 nitrogen and oxygen atoms in total. The topological polar surface area (TPSA) is 196 Å². The number of carbonyl (C=O) groups excluding carboxylic acids is 2. The highest BCUT2D eigenvalue weighted by Gasteiger charge is 2.52. The van der Waals surface area contributed by atoms with E-state index in [4.69, 9.17) is 33.2 Å². The van der Waals surface area contributed by atoms with Gasteiger partial charge in [0.15, 0.2) is 12.6 Å². The van der Waals surface area contributed by atoms with E-state index in [0.717, 1.165) is 22.8 Å². The van der Waals surface area contributed by atoms with Crippen molar-refractivity contribution in [3.05, 3.63) is 72.5 Å². The number of cyclic esters (lactones) is 1. The van der Waals surface area contributed by atoms with Crippen LogP contribution in [0.2, 0.25) is 0 Å². The van der Waals surface area contributed by atoms with Gasteiger partial charge in [0.25, 0.3) is 0 Å². The normalized spacial score (nSPS) is 39.1. The molecule has 15 heteroatoms. The maximum absolute atomic E-state index is 13.7. The highest BCUT2D eigenvalue weighted by atomic mass is 16.7. The van der Waals surface area contributed by atoms with Crippen LogP contribution < -0.4 is 0 Å². The van der Waals surface area contributed by atoms with Crippen molar-refractivity contribution in [2.75, 3.05) is 27.8 Å². The predicted molar refractivity (Wildman–Crippen MR) is 231 cm³/mol. The highest BCUT2D eigenvalue weighted by Crippen LogP contribution is 2.37. The van der Waals surface area contributed by atoms with Crippen LogP contribution >= 0.6 is 0 Å². The Hall–Kier alpha value is -3.45. The third-order valence-electron chi connectivity index (χ3n) is 12.1. The summed E-state index contributed by atoms with van der Waals surface area (Å²) in [6.45, 7) is 8.67. The average molecular weight is 869 g/mol. The number of fused-ring (bicyclic) bond motifs is 1. The quantitative estimate of drug-likeness (QED) is 0.176. The first-order valence-corrected chi connectivity index (χ1v) is 21.7. The van der Waals surface area contributed by atoms with E-state index >= 15 is 0 Å². The second-order valence-corrected chi connectivity index (χ2v) is 17.5. The monoisotopic (exact) mass is 868 g/mol. The van der Waals surface area contributed by atoms with E-state index in [2.05, 4.69) is 4.98 Å². The van der Waals surface area contributed by atoms with Crippen LogP contribution in [0, 0.1) is 11.8 Å². The standard InChI is InChI=1S/C47H68N2O13/c1-28-23-34(20-21-50)43(62-46-41(53)40(49(6)7)42(30(3)60-46)61-39-26-47(5,55)45(54)31(4)59-39)44(56-8)37(25-38(52)58-29(2)15-10-9-11-19-36(28)51)57-22-14-16-32-24-33-17-12-13-18-35(33)48-27-32/h9-14,16-19,21,24,27-31,34,36-37,39-46,51,53-55H,15,20,22-23,25-26H2,1-8H3/b10-9+,16-14+,19-11+/t28-,29-,30-,31+,34+,36+,37-,39+,40-,41-,42-,43+,44+,45+,46+,47-/m1/s1. The molecule has 2 aromatic rings. The first kappa shape index (κ1) is 49.6. The lowest BCUT2D eigenvalue weighted by Gasteiger charge is -2.50. The number of allylic oxidation sites excluding steroid dienone is 2. The number of carbonyl (C=O) groups is 2. The number of para-hydroxylation sites is 1. The van der Waals surface area contributed by atoms with Crippen LogP contribution in [0.1, 0.15) is 72.3 Å². The number of methoxy groups -OCH3 is 1. The Kier molecular flexibility index (Phi) is 18.3. The molecule has 2 fully saturated rings. The molecule has 5 rings (SSSR count). The van der Waals surface area contributed by atoms with Gasteiger partial charge in [-0.3, -0.25) is 9.78 Å². The molecular weight excluding hydrogens is 801 g/mol. The number of aliphatic hydroxyl groups excluding tert-OH is 3. The van der Waals surface area contributed by atoms with Crippen molar-refractivity contribution in [3.8, 4) is 0 Å². The number of hydrogen-bond donors (Lipinski definition) is 4. The number of pyridine rings is 1. The summed E-state index contributed by atoms with van der Waals surface area (Å²) >= 11 is 0. The van der Waals surface area contributed by atoms with Gasteiger partial charge in [-0.15, -0.1) is 0 Å². The molecule has 1 aromatic carbocycles. The van der Waals surface area contributed by atoms with Crippen molar-refractivity contribution in [3.63, 3.8) is 0 Å². The van der Waals surface area contributed by atoms with Gasteiger partial charge in [0.05, 0.1) is 60.7 Å². The summed E-state index contributed by atoms with van der Waals surface area (Å²) in [6.07, 6.45) is 2.49. The third-order valence-corrected chi connectivity index (χ3v) is 12.1. The van der Waals surface area contributed by atoms with Gasteiger partial charge in [-0.05, 0) is 77.7 Å². The van der Waals surface area contributed by atoms with Gasteiger partial charge in [-0.25, -0.2) is 0 Å². The number of rotatable bonds is 12. The maximum Gasteiger partial charge on any atom is 0.308 e. The lowest BCUT2D eigenvalue weighted by atomic mass is 9.82. The number of likely N-dealkylation sites (N-methyl/N-ethyl adjacent to an activating group) is 1. The molecule has 0 unspecified atom stereocenters. The zero-order valence-electron chi connectivity index (χ0n) is 37.3. The fraction of sp³-hybridized carbons (Fsp3) is 0.638. The van der Waals surface area contributed by atoms with Gasteiger partial charge >= 0.3 is 5.97 Å². The number of aromatic nitrogens is 1. The Bertz CT molecular complexity index is 1820. The molecule has 0 bridgehead atoms. The van der Waals surface area contributed by atoms with E-state index in [-0.39, 0.29) is 38.2 Å². The Morgan fingerprint density at radius 2 is 1.76 bits per heavy atom. The summed E-state index contributed by atoms with van der Waals surface area (Å²) in [5.41, 5.74) is 0.248. The maximum atomic E-state index is 13.7. The summed E-state index contributed by atoms with van der Waals surface area (Å²) in [4.78, 5) is 32.5. The first-order chi connectivity index (χ1) is 29.5. The number of aldehydes is 1. The van der Waals surface area contributed by atoms with Crippen LogP contribution in [-0.4, -0.2) is 156 Å². The fourth-order valence-corrected chi connectivity index (χ4v) is 8.71. The lowest BCUT2D eigenvalue weighted by molar-refractivity contribution is -0.344. The molecular formula is C47H68N2O13. The van der Waals surface area contributed by atoms with Crippen LogP contribution in [0.3, 0.4) is 0 Å². The number of nitrogens with zero attached hydrogens (tertiary/aromatic N) is 2. The van der Waals surface area contributed by atoms with Crippen molar-refractivity contribution >= 4 is 29.2 Å². The van der Waals surface area contributed by atoms with Gasteiger partial charge in [0, 0.05) is 38.0 Å². The van der Waals surface area contributed by atoms with E-state index in [1.54, 1.807) is 64.2 Å². The van der Waals surface area contributed by atoms with Crippen molar-refractivity contribution in [1.82, 2.24) is 9.88 Å². The van der Waals surface area contributed by atoms with Crippen LogP contribution in [0.4, 0.5) is 0 Å². The van der Waals surface area contributed by atoms with E-state index < -0.39 is 97.1 Å². The summed E-state index contributed by atoms with van der Waals surface area (Å²) < 4.78 is 44.1. The molecule has 1 aromatic heterocycles. The molecule has 0 spiro atoms. The largest absolute Gasteiger partial charge is 0.462 e. The van der Waals surface area contributed by atoms with Crippen LogP contribution in [-0.2, 0) is 42.7 Å². The van der Waals surface area contributed by atoms with Gasteiger partial charge < -0.3 is 63.3 Å². The van der Waals surface area contributed by atoms with E-state index in [9.17, 15) is 30.0 Å². The van der Waals surface area contributed by atoms with Crippen molar-refractivity contribution < 1.29 is 63.2 Å². The van der Waals surface area contributed by atoms with Gasteiger partial charge in [-0.2, -0.15) is 0 Å². The molecule has 4 N–H and O–H groups in total. The smallest absolute Gasteiger partial charge is 0.308 e. The minimum atomic E-state index is -1.48. The molecule has 0 aliphatic carbocycles. The minimum absolute atomic E-state index is 0.0154. The Morgan fingerprint density at radius 3 is 2.47 bits per heavy atom. The SMILES string of the molecule is CO[C@@H]1[C@@H](O[C@@H]2O[C@H](C)[C@@H](O[C@H]3C[C@@](C)(O)[C@@H](O)[C@H](C)O3)[C@H](N(C)C)[C@H]2O)[C@@H](CC=O)C[C@@H](C)[C@@H](O)/C=C/C=C/C[C@@H](C)OC(=O)C[C@H]1OC/C=C/c1cnc2ccccc2c1. The molecule has 3 aliphatic heterocycles. The second kappa shape index (κ2) is 22.9. The summed E-state index contributed by atoms with van der Waals surface area (Å²) in [5, 5.41) is 45.8. The zero-order chi connectivity index (χ0) is 45.1. The molecule has 0 amide bonds. The van der Waals surface area contributed by atoms with Gasteiger partial charge in [0.2, 0.25) is 0 Å². The summed E-state index contributed by atoms with van der Waals surface area (Å²) in [6, 6.07) is 9.09. The third kappa shape index (κ3) is 13.1. The van der Waals surface area contributed by atoms with E-state index in [0.29, 0.717) is 6.42 Å². The fourth-order valence-electron chi connectivity index (χ4n) is 8.71. The average Bonchev–Trinajstić information content (AvgIpc) is 3.21. The molecule has 62 heavy (non-hydrogen) atoms. The molecule has 4 heterocycles. The Labute approximate surface area is 365 Å². The van der Waals surface area contributed by atoms with Crippen molar-refractivity contribution in [2.24, 2.45) is 11.8 Å². The molecule has 3 aliphatic rings. The van der Waals surface area contributed by atoms with E-state index in [1.807, 2.05) is 55.5 Å². The lowest BCUT2D eigenvalue weighted by Crippen LogP contribution is -2.65. The van der Waals surface area contributed by atoms with Crippen LogP contribution in [0.5, 0.6) is 0 Å². The summed E-state index contributed by atoms with van der Waals surface area (Å²) in [7, 11) is 5.04. The van der Waals surface area contributed by atoms with E-state index in [1.165, 1.54) is 14.0 Å². The number of hydrogen-bond acceptors (Lipinski definition) is 15. The molecule has 344 valence electrons. The number of benzene rings is 1. The number of esters is 1. The second-order valence-electron chi connectivity index (χ2n) is 17.5. The van der Waals surface area contributed by atoms with Crippen molar-refractivity contribution in [2.45, 2.75) is 152 Å². The minimum Gasteiger partial charge on any atom is -0.462 e. The number of ether oxygens (including phenoxy) is 7. The molecule has 0 saturated carbocycles. The zero-order valence-corrected chi connectivity index (χ0v) is 37.3. The highest BCUT2D eigenvalue weighted by molar-refractivity contribution is 5.80. The Morgan fingerprint density at radius 1 is 1.00 bits per heavy atom. The summed E-state index contributed by atoms with van der Waals surface area (Å²) in [5.74, 6) is -1.51. The predicted octanol–water partition coefficient (Wildman–Crippen LogP) is 4.13. The number of aliphatic hydroxyl groups is 4. The molecule has 2 saturated heterocycles. The molecule has 16 atom stereocenters. The van der Waals surface area contributed by atoms with Gasteiger partial charge in [-0.1, -0.05) is 61.6 Å². The van der Waals surface area contributed by atoms with Gasteiger partial charge in [0.1, 0.15) is 36.8 Å². The molecule has 0 radical (unpaired) electrons. The Balaban J connectivity index is 1.48. The first-order valence-electron chi connectivity index (χ1n) is 21.7. The van der Waals surface area contributed by atoms with Crippen LogP contribution in [0.25, 0.3) is 17.0 Å². The van der Waals surface area contributed by atoms with Crippen LogP contribution in [0.15, 0.2) is 66.9 Å².